The minimum Gasteiger partial charge on any atom is -0.381 e. The highest BCUT2D eigenvalue weighted by Gasteiger charge is 2.29. The second kappa shape index (κ2) is 5.79. The van der Waals surface area contributed by atoms with Gasteiger partial charge >= 0.3 is 0 Å². The molecule has 0 aromatic carbocycles. The van der Waals surface area contributed by atoms with E-state index in [1.54, 1.807) is 0 Å². The van der Waals surface area contributed by atoms with Gasteiger partial charge in [0.15, 0.2) is 5.82 Å². The van der Waals surface area contributed by atoms with Crippen molar-refractivity contribution < 1.29 is 9.13 Å². The molecule has 1 unspecified atom stereocenters. The summed E-state index contributed by atoms with van der Waals surface area (Å²) >= 11 is 0. The van der Waals surface area contributed by atoms with Crippen LogP contribution in [0.1, 0.15) is 19.3 Å². The van der Waals surface area contributed by atoms with E-state index < -0.39 is 5.82 Å². The molecule has 0 bridgehead atoms. The molecule has 3 heterocycles. The molecule has 3 rings (SSSR count). The lowest BCUT2D eigenvalue weighted by Crippen LogP contribution is -2.39. The first kappa shape index (κ1) is 12.7. The van der Waals surface area contributed by atoms with E-state index in [1.807, 2.05) is 0 Å². The zero-order chi connectivity index (χ0) is 13.1. The number of aromatic nitrogens is 2. The van der Waals surface area contributed by atoms with Crippen LogP contribution in [0.5, 0.6) is 0 Å². The molecule has 2 saturated heterocycles. The first-order valence-electron chi connectivity index (χ1n) is 6.87. The normalized spacial score (nSPS) is 25.6. The highest BCUT2D eigenvalue weighted by Crippen LogP contribution is 2.21. The number of likely N-dealkylation sites (tertiary alicyclic amines) is 1. The maximum Gasteiger partial charge on any atom is 0.223 e. The number of hydrogen-bond donors (Lipinski definition) is 1. The number of rotatable bonds is 3. The fourth-order valence-corrected chi connectivity index (χ4v) is 2.86. The van der Waals surface area contributed by atoms with E-state index in [4.69, 9.17) is 4.74 Å². The molecular formula is C13H19FN4O. The van der Waals surface area contributed by atoms with E-state index in [9.17, 15) is 4.39 Å². The Morgan fingerprint density at radius 3 is 2.68 bits per heavy atom. The zero-order valence-corrected chi connectivity index (χ0v) is 10.9. The molecule has 6 heteroatoms. The van der Waals surface area contributed by atoms with Crippen molar-refractivity contribution in [3.05, 3.63) is 18.2 Å². The summed E-state index contributed by atoms with van der Waals surface area (Å²) in [6, 6.07) is 1.00. The Kier molecular flexibility index (Phi) is 3.89. The number of nitrogens with zero attached hydrogens (tertiary/aromatic N) is 3. The quantitative estimate of drug-likeness (QED) is 0.893. The van der Waals surface area contributed by atoms with Gasteiger partial charge < -0.3 is 10.1 Å². The van der Waals surface area contributed by atoms with Gasteiger partial charge in [-0.05, 0) is 19.3 Å². The van der Waals surface area contributed by atoms with Crippen LogP contribution in [0.2, 0.25) is 0 Å². The lowest BCUT2D eigenvalue weighted by molar-refractivity contribution is 0.0421. The lowest BCUT2D eigenvalue weighted by atomic mass is 10.1. The van der Waals surface area contributed by atoms with Gasteiger partial charge in [0.2, 0.25) is 5.95 Å². The fourth-order valence-electron chi connectivity index (χ4n) is 2.86. The Bertz CT molecular complexity index is 408. The van der Waals surface area contributed by atoms with Gasteiger partial charge in [0.1, 0.15) is 0 Å². The average molecular weight is 266 g/mol. The molecule has 19 heavy (non-hydrogen) atoms. The summed E-state index contributed by atoms with van der Waals surface area (Å²) < 4.78 is 18.1. The minimum atomic E-state index is -0.402. The molecule has 0 saturated carbocycles. The van der Waals surface area contributed by atoms with Gasteiger partial charge in [0.25, 0.3) is 0 Å². The maximum absolute atomic E-state index is 12.7. The molecule has 1 aromatic rings. The smallest absolute Gasteiger partial charge is 0.223 e. The van der Waals surface area contributed by atoms with Crippen LogP contribution in [0.3, 0.4) is 0 Å². The molecule has 1 N–H and O–H groups in total. The first-order valence-corrected chi connectivity index (χ1v) is 6.87. The molecule has 2 aliphatic heterocycles. The van der Waals surface area contributed by atoms with Crippen LogP contribution in [0, 0.1) is 5.82 Å². The standard InChI is InChI=1S/C13H19FN4O/c14-10-7-15-13(16-8-10)17-11-1-4-18(9-11)12-2-5-19-6-3-12/h7-8,11-12H,1-6,9H2,(H,15,16,17). The van der Waals surface area contributed by atoms with Gasteiger partial charge in [0.05, 0.1) is 12.4 Å². The van der Waals surface area contributed by atoms with Crippen LogP contribution in [-0.4, -0.2) is 53.3 Å². The predicted octanol–water partition coefficient (Wildman–Crippen LogP) is 1.28. The van der Waals surface area contributed by atoms with Gasteiger partial charge in [-0.3, -0.25) is 4.90 Å². The van der Waals surface area contributed by atoms with Crippen LogP contribution >= 0.6 is 0 Å². The summed E-state index contributed by atoms with van der Waals surface area (Å²) in [5.41, 5.74) is 0. The second-order valence-electron chi connectivity index (χ2n) is 5.19. The third-order valence-corrected chi connectivity index (χ3v) is 3.88. The van der Waals surface area contributed by atoms with Gasteiger partial charge in [0, 0.05) is 38.4 Å². The molecule has 2 fully saturated rings. The van der Waals surface area contributed by atoms with Crippen molar-refractivity contribution in [2.45, 2.75) is 31.3 Å². The highest BCUT2D eigenvalue weighted by molar-refractivity contribution is 5.25. The number of halogens is 1. The summed E-state index contributed by atoms with van der Waals surface area (Å²) in [7, 11) is 0. The number of hydrogen-bond acceptors (Lipinski definition) is 5. The molecule has 104 valence electrons. The van der Waals surface area contributed by atoms with E-state index in [0.717, 1.165) is 45.6 Å². The number of anilines is 1. The van der Waals surface area contributed by atoms with Crippen molar-refractivity contribution in [1.29, 1.82) is 0 Å². The molecule has 0 spiro atoms. The van der Waals surface area contributed by atoms with E-state index in [2.05, 4.69) is 20.2 Å². The molecular weight excluding hydrogens is 247 g/mol. The summed E-state index contributed by atoms with van der Waals surface area (Å²) in [6.45, 7) is 3.86. The zero-order valence-electron chi connectivity index (χ0n) is 10.9. The summed E-state index contributed by atoms with van der Waals surface area (Å²) in [5, 5.41) is 3.28. The summed E-state index contributed by atoms with van der Waals surface area (Å²) in [6.07, 6.45) is 5.72. The summed E-state index contributed by atoms with van der Waals surface area (Å²) in [4.78, 5) is 10.4. The highest BCUT2D eigenvalue weighted by atomic mass is 19.1. The first-order chi connectivity index (χ1) is 9.31. The SMILES string of the molecule is Fc1cnc(NC2CCN(C3CCOCC3)C2)nc1. The third kappa shape index (κ3) is 3.19. The van der Waals surface area contributed by atoms with Gasteiger partial charge in [-0.1, -0.05) is 0 Å². The van der Waals surface area contributed by atoms with Crippen LogP contribution in [0.25, 0.3) is 0 Å². The molecule has 0 amide bonds. The van der Waals surface area contributed by atoms with E-state index in [1.165, 1.54) is 12.4 Å². The third-order valence-electron chi connectivity index (χ3n) is 3.88. The second-order valence-corrected chi connectivity index (χ2v) is 5.19. The molecule has 0 aliphatic carbocycles. The number of ether oxygens (including phenoxy) is 1. The van der Waals surface area contributed by atoms with Gasteiger partial charge in [-0.2, -0.15) is 0 Å². The molecule has 5 nitrogen and oxygen atoms in total. The van der Waals surface area contributed by atoms with Crippen LogP contribution < -0.4 is 5.32 Å². The molecule has 1 atom stereocenters. The molecule has 0 radical (unpaired) electrons. The monoisotopic (exact) mass is 266 g/mol. The Morgan fingerprint density at radius 2 is 1.95 bits per heavy atom. The molecule has 1 aromatic heterocycles. The van der Waals surface area contributed by atoms with Crippen molar-refractivity contribution in [2.75, 3.05) is 31.6 Å². The van der Waals surface area contributed by atoms with Crippen molar-refractivity contribution in [1.82, 2.24) is 14.9 Å². The Morgan fingerprint density at radius 1 is 1.21 bits per heavy atom. The Balaban J connectivity index is 1.52. The topological polar surface area (TPSA) is 50.3 Å². The fraction of sp³-hybridized carbons (Fsp3) is 0.692. The Labute approximate surface area is 112 Å². The van der Waals surface area contributed by atoms with Crippen LogP contribution in [0.15, 0.2) is 12.4 Å². The number of nitrogens with one attached hydrogen (secondary N) is 1. The van der Waals surface area contributed by atoms with E-state index in [0.29, 0.717) is 18.0 Å². The Hall–Kier alpha value is -1.27. The maximum atomic E-state index is 12.7. The average Bonchev–Trinajstić information content (AvgIpc) is 2.91. The lowest BCUT2D eigenvalue weighted by Gasteiger charge is -2.31. The van der Waals surface area contributed by atoms with E-state index in [-0.39, 0.29) is 0 Å². The minimum absolute atomic E-state index is 0.355. The van der Waals surface area contributed by atoms with Gasteiger partial charge in [-0.25, -0.2) is 14.4 Å². The van der Waals surface area contributed by atoms with Crippen molar-refractivity contribution in [3.8, 4) is 0 Å². The summed E-state index contributed by atoms with van der Waals surface area (Å²) in [5.74, 6) is 0.112. The largest absolute Gasteiger partial charge is 0.381 e. The molecule has 2 aliphatic rings. The predicted molar refractivity (Wildman–Crippen MR) is 69.4 cm³/mol. The van der Waals surface area contributed by atoms with Crippen LogP contribution in [0.4, 0.5) is 10.3 Å². The van der Waals surface area contributed by atoms with Crippen LogP contribution in [-0.2, 0) is 4.74 Å². The van der Waals surface area contributed by atoms with Crippen molar-refractivity contribution in [2.24, 2.45) is 0 Å². The van der Waals surface area contributed by atoms with E-state index >= 15 is 0 Å². The van der Waals surface area contributed by atoms with Gasteiger partial charge in [-0.15, -0.1) is 0 Å². The van der Waals surface area contributed by atoms with Crippen molar-refractivity contribution >= 4 is 5.95 Å². The van der Waals surface area contributed by atoms with Crippen molar-refractivity contribution in [3.63, 3.8) is 0 Å².